The first-order chi connectivity index (χ1) is 11.5. The molecule has 1 aromatic heterocycles. The summed E-state index contributed by atoms with van der Waals surface area (Å²) in [7, 11) is 0. The SMILES string of the molecule is CCc1c(C)nc(SCC(=O)N2c3ccccc3CC2C)[nH]c1=O. The van der Waals surface area contributed by atoms with Crippen LogP contribution < -0.4 is 10.5 Å². The molecule has 0 spiro atoms. The molecule has 126 valence electrons. The Morgan fingerprint density at radius 2 is 2.17 bits per heavy atom. The van der Waals surface area contributed by atoms with Crippen molar-refractivity contribution in [2.24, 2.45) is 0 Å². The number of hydrogen-bond acceptors (Lipinski definition) is 4. The van der Waals surface area contributed by atoms with Crippen molar-refractivity contribution in [2.45, 2.75) is 44.8 Å². The molecule has 6 heteroatoms. The molecule has 24 heavy (non-hydrogen) atoms. The first kappa shape index (κ1) is 16.8. The molecular formula is C18H21N3O2S. The molecule has 2 heterocycles. The quantitative estimate of drug-likeness (QED) is 0.685. The minimum absolute atomic E-state index is 0.0392. The van der Waals surface area contributed by atoms with E-state index in [-0.39, 0.29) is 23.3 Å². The van der Waals surface area contributed by atoms with Crippen LogP contribution in [0.25, 0.3) is 0 Å². The maximum absolute atomic E-state index is 12.7. The third kappa shape index (κ3) is 3.11. The number of aromatic amines is 1. The lowest BCUT2D eigenvalue weighted by Crippen LogP contribution is -2.37. The van der Waals surface area contributed by atoms with Crippen molar-refractivity contribution in [2.75, 3.05) is 10.7 Å². The number of amides is 1. The summed E-state index contributed by atoms with van der Waals surface area (Å²) < 4.78 is 0. The Labute approximate surface area is 145 Å². The number of carbonyl (C=O) groups excluding carboxylic acids is 1. The summed E-state index contributed by atoms with van der Waals surface area (Å²) in [6.45, 7) is 5.82. The van der Waals surface area contributed by atoms with Gasteiger partial charge in [-0.15, -0.1) is 0 Å². The highest BCUT2D eigenvalue weighted by atomic mass is 32.2. The maximum Gasteiger partial charge on any atom is 0.254 e. The van der Waals surface area contributed by atoms with Crippen molar-refractivity contribution in [3.05, 3.63) is 51.4 Å². The molecule has 0 aliphatic carbocycles. The van der Waals surface area contributed by atoms with Crippen molar-refractivity contribution < 1.29 is 4.79 Å². The zero-order valence-electron chi connectivity index (χ0n) is 14.1. The molecule has 1 N–H and O–H groups in total. The van der Waals surface area contributed by atoms with E-state index in [9.17, 15) is 9.59 Å². The average Bonchev–Trinajstić information content (AvgIpc) is 2.88. The predicted molar refractivity (Wildman–Crippen MR) is 96.8 cm³/mol. The van der Waals surface area contributed by atoms with E-state index in [2.05, 4.69) is 23.0 Å². The number of thioether (sulfide) groups is 1. The van der Waals surface area contributed by atoms with Gasteiger partial charge in [-0.05, 0) is 38.3 Å². The number of benzene rings is 1. The van der Waals surface area contributed by atoms with Crippen LogP contribution in [-0.2, 0) is 17.6 Å². The van der Waals surface area contributed by atoms with Gasteiger partial charge in [0.05, 0.1) is 5.75 Å². The molecular weight excluding hydrogens is 322 g/mol. The number of fused-ring (bicyclic) bond motifs is 1. The fourth-order valence-corrected chi connectivity index (χ4v) is 3.98. The molecule has 1 aliphatic heterocycles. The number of rotatable bonds is 4. The van der Waals surface area contributed by atoms with Gasteiger partial charge in [0.2, 0.25) is 5.91 Å². The number of H-pyrrole nitrogens is 1. The van der Waals surface area contributed by atoms with E-state index < -0.39 is 0 Å². The molecule has 2 aromatic rings. The van der Waals surface area contributed by atoms with E-state index in [1.54, 1.807) is 0 Å². The van der Waals surface area contributed by atoms with Gasteiger partial charge in [-0.2, -0.15) is 0 Å². The number of anilines is 1. The summed E-state index contributed by atoms with van der Waals surface area (Å²) >= 11 is 1.28. The van der Waals surface area contributed by atoms with Crippen LogP contribution in [-0.4, -0.2) is 27.7 Å². The second-order valence-electron chi connectivity index (χ2n) is 6.02. The minimum Gasteiger partial charge on any atom is -0.308 e. The second-order valence-corrected chi connectivity index (χ2v) is 6.99. The molecule has 0 fully saturated rings. The van der Waals surface area contributed by atoms with Crippen LogP contribution in [0.15, 0.2) is 34.2 Å². The minimum atomic E-state index is -0.111. The van der Waals surface area contributed by atoms with Crippen molar-refractivity contribution in [3.8, 4) is 0 Å². The zero-order valence-corrected chi connectivity index (χ0v) is 14.9. The highest BCUT2D eigenvalue weighted by Gasteiger charge is 2.30. The topological polar surface area (TPSA) is 66.1 Å². The summed E-state index contributed by atoms with van der Waals surface area (Å²) in [5.74, 6) is 0.296. The van der Waals surface area contributed by atoms with Crippen LogP contribution in [0.4, 0.5) is 5.69 Å². The number of aromatic nitrogens is 2. The fraction of sp³-hybridized carbons (Fsp3) is 0.389. The van der Waals surface area contributed by atoms with E-state index in [0.29, 0.717) is 17.1 Å². The third-order valence-electron chi connectivity index (χ3n) is 4.36. The lowest BCUT2D eigenvalue weighted by atomic mass is 10.1. The molecule has 3 rings (SSSR count). The lowest BCUT2D eigenvalue weighted by Gasteiger charge is -2.22. The maximum atomic E-state index is 12.7. The standard InChI is InChI=1S/C18H21N3O2S/c1-4-14-12(3)19-18(20-17(14)23)24-10-16(22)21-11(2)9-13-7-5-6-8-15(13)21/h5-8,11H,4,9-10H2,1-3H3,(H,19,20,23). The Balaban J connectivity index is 1.74. The molecule has 1 atom stereocenters. The smallest absolute Gasteiger partial charge is 0.254 e. The number of nitrogens with zero attached hydrogens (tertiary/aromatic N) is 2. The van der Waals surface area contributed by atoms with Gasteiger partial charge >= 0.3 is 0 Å². The molecule has 1 amide bonds. The third-order valence-corrected chi connectivity index (χ3v) is 5.22. The van der Waals surface area contributed by atoms with E-state index in [0.717, 1.165) is 17.8 Å². The zero-order chi connectivity index (χ0) is 17.3. The average molecular weight is 343 g/mol. The predicted octanol–water partition coefficient (Wildman–Crippen LogP) is 2.71. The number of para-hydroxylation sites is 1. The van der Waals surface area contributed by atoms with Crippen LogP contribution in [0.3, 0.4) is 0 Å². The first-order valence-electron chi connectivity index (χ1n) is 8.13. The second kappa shape index (κ2) is 6.81. The Bertz CT molecular complexity index is 831. The van der Waals surface area contributed by atoms with Crippen LogP contribution in [0.1, 0.15) is 30.7 Å². The molecule has 0 saturated heterocycles. The summed E-state index contributed by atoms with van der Waals surface area (Å²) in [5.41, 5.74) is 3.52. The number of hydrogen-bond donors (Lipinski definition) is 1. The Morgan fingerprint density at radius 3 is 2.88 bits per heavy atom. The van der Waals surface area contributed by atoms with Gasteiger partial charge in [0.1, 0.15) is 0 Å². The van der Waals surface area contributed by atoms with E-state index >= 15 is 0 Å². The molecule has 0 saturated carbocycles. The van der Waals surface area contributed by atoms with Gasteiger partial charge < -0.3 is 9.88 Å². The van der Waals surface area contributed by atoms with Crippen LogP contribution in [0.5, 0.6) is 0 Å². The van der Waals surface area contributed by atoms with Crippen molar-refractivity contribution in [1.29, 1.82) is 0 Å². The summed E-state index contributed by atoms with van der Waals surface area (Å²) in [6.07, 6.45) is 1.53. The largest absolute Gasteiger partial charge is 0.308 e. The Hall–Kier alpha value is -2.08. The molecule has 5 nitrogen and oxygen atoms in total. The molecule has 0 radical (unpaired) electrons. The highest BCUT2D eigenvalue weighted by Crippen LogP contribution is 2.32. The number of aryl methyl sites for hydroxylation is 1. The van der Waals surface area contributed by atoms with Crippen molar-refractivity contribution >= 4 is 23.4 Å². The van der Waals surface area contributed by atoms with Gasteiger partial charge in [0.15, 0.2) is 5.16 Å². The van der Waals surface area contributed by atoms with Crippen molar-refractivity contribution in [1.82, 2.24) is 9.97 Å². The van der Waals surface area contributed by atoms with Gasteiger partial charge in [-0.3, -0.25) is 9.59 Å². The molecule has 0 bridgehead atoms. The fourth-order valence-electron chi connectivity index (χ4n) is 3.21. The first-order valence-corrected chi connectivity index (χ1v) is 9.12. The van der Waals surface area contributed by atoms with Gasteiger partial charge in [-0.1, -0.05) is 36.9 Å². The summed E-state index contributed by atoms with van der Waals surface area (Å²) in [5, 5.41) is 0.503. The highest BCUT2D eigenvalue weighted by molar-refractivity contribution is 7.99. The monoisotopic (exact) mass is 343 g/mol. The van der Waals surface area contributed by atoms with E-state index in [4.69, 9.17) is 0 Å². The van der Waals surface area contributed by atoms with Gasteiger partial charge in [0, 0.05) is 23.0 Å². The van der Waals surface area contributed by atoms with Gasteiger partial charge in [-0.25, -0.2) is 4.98 Å². The summed E-state index contributed by atoms with van der Waals surface area (Å²) in [4.78, 5) is 33.7. The van der Waals surface area contributed by atoms with E-state index in [1.165, 1.54) is 17.3 Å². The molecule has 1 unspecified atom stereocenters. The van der Waals surface area contributed by atoms with Crippen LogP contribution in [0, 0.1) is 6.92 Å². The lowest BCUT2D eigenvalue weighted by molar-refractivity contribution is -0.116. The van der Waals surface area contributed by atoms with E-state index in [1.807, 2.05) is 36.9 Å². The van der Waals surface area contributed by atoms with Crippen molar-refractivity contribution in [3.63, 3.8) is 0 Å². The molecule has 1 aromatic carbocycles. The van der Waals surface area contributed by atoms with Crippen LogP contribution in [0.2, 0.25) is 0 Å². The molecule has 1 aliphatic rings. The number of nitrogens with one attached hydrogen (secondary N) is 1. The summed E-state index contributed by atoms with van der Waals surface area (Å²) in [6, 6.07) is 8.17. The number of carbonyl (C=O) groups is 1. The van der Waals surface area contributed by atoms with Crippen LogP contribution >= 0.6 is 11.8 Å². The van der Waals surface area contributed by atoms with Gasteiger partial charge in [0.25, 0.3) is 5.56 Å². The normalized spacial score (nSPS) is 16.3. The Morgan fingerprint density at radius 1 is 1.42 bits per heavy atom. The Kier molecular flexibility index (Phi) is 4.76.